The third-order valence-corrected chi connectivity index (χ3v) is 2.47. The highest BCUT2D eigenvalue weighted by Crippen LogP contribution is 2.18. The lowest BCUT2D eigenvalue weighted by atomic mass is 10.1. The fourth-order valence-electron chi connectivity index (χ4n) is 1.27. The fourth-order valence-corrected chi connectivity index (χ4v) is 1.27. The van der Waals surface area contributed by atoms with E-state index in [2.05, 4.69) is 10.4 Å². The number of carbonyl (C=O) groups excluding carboxylic acids is 1. The maximum absolute atomic E-state index is 11.9. The Hall–Kier alpha value is -1.96. The van der Waals surface area contributed by atoms with Crippen molar-refractivity contribution in [2.45, 2.75) is 32.4 Å². The van der Waals surface area contributed by atoms with Crippen LogP contribution in [-0.4, -0.2) is 38.4 Å². The molecule has 1 unspecified atom stereocenters. The third-order valence-electron chi connectivity index (χ3n) is 2.47. The number of rotatable bonds is 5. The van der Waals surface area contributed by atoms with E-state index in [4.69, 9.17) is 5.11 Å². The number of nitrogens with zero attached hydrogens (tertiary/aromatic N) is 3. The molecule has 0 aliphatic rings. The Balaban J connectivity index is 2.83. The zero-order valence-electron chi connectivity index (χ0n) is 10.5. The zero-order valence-corrected chi connectivity index (χ0v) is 10.5. The molecular formula is C10H16N4O4. The molecule has 0 fully saturated rings. The molecule has 0 aliphatic carbocycles. The number of hydrogen-bond donors (Lipinski definition) is 2. The minimum atomic E-state index is -1.07. The molecule has 0 radical (unpaired) electrons. The van der Waals surface area contributed by atoms with Crippen LogP contribution >= 0.6 is 0 Å². The van der Waals surface area contributed by atoms with Gasteiger partial charge >= 0.3 is 5.69 Å². The van der Waals surface area contributed by atoms with Crippen LogP contribution in [0.5, 0.6) is 0 Å². The van der Waals surface area contributed by atoms with Gasteiger partial charge in [0, 0.05) is 6.54 Å². The Kier molecular flexibility index (Phi) is 4.02. The van der Waals surface area contributed by atoms with Crippen LogP contribution in [0.2, 0.25) is 0 Å². The van der Waals surface area contributed by atoms with E-state index in [9.17, 15) is 14.9 Å². The van der Waals surface area contributed by atoms with E-state index in [-0.39, 0.29) is 18.1 Å². The highest BCUT2D eigenvalue weighted by atomic mass is 16.6. The molecule has 1 amide bonds. The lowest BCUT2D eigenvalue weighted by Gasteiger charge is -2.24. The number of aliphatic hydroxyl groups excluding tert-OH is 1. The molecule has 0 saturated heterocycles. The Morgan fingerprint density at radius 1 is 1.72 bits per heavy atom. The summed E-state index contributed by atoms with van der Waals surface area (Å²) in [5, 5.41) is 26.0. The fraction of sp³-hybridized carbons (Fsp3) is 0.600. The van der Waals surface area contributed by atoms with Crippen LogP contribution in [0.15, 0.2) is 12.4 Å². The smallest absolute Gasteiger partial charge is 0.307 e. The Bertz CT molecular complexity index is 452. The van der Waals surface area contributed by atoms with Crippen molar-refractivity contribution in [3.8, 4) is 0 Å². The van der Waals surface area contributed by atoms with E-state index >= 15 is 0 Å². The average molecular weight is 256 g/mol. The number of nitro groups is 1. The molecule has 8 nitrogen and oxygen atoms in total. The molecule has 8 heteroatoms. The van der Waals surface area contributed by atoms with Crippen LogP contribution in [0.3, 0.4) is 0 Å². The number of nitrogens with one attached hydrogen (secondary N) is 1. The van der Waals surface area contributed by atoms with E-state index in [1.54, 1.807) is 20.8 Å². The third kappa shape index (κ3) is 3.04. The maximum atomic E-state index is 11.9. The molecule has 0 saturated carbocycles. The van der Waals surface area contributed by atoms with Crippen LogP contribution in [0.4, 0.5) is 5.69 Å². The summed E-state index contributed by atoms with van der Waals surface area (Å²) in [4.78, 5) is 21.9. The Labute approximate surface area is 104 Å². The van der Waals surface area contributed by atoms with Crippen LogP contribution in [0.1, 0.15) is 20.8 Å². The van der Waals surface area contributed by atoms with Gasteiger partial charge in [0.2, 0.25) is 5.91 Å². The van der Waals surface area contributed by atoms with Gasteiger partial charge in [-0.25, -0.2) is 0 Å². The van der Waals surface area contributed by atoms with Crippen molar-refractivity contribution < 1.29 is 14.8 Å². The van der Waals surface area contributed by atoms with E-state index < -0.39 is 16.6 Å². The molecule has 2 N–H and O–H groups in total. The molecule has 100 valence electrons. The van der Waals surface area contributed by atoms with Gasteiger partial charge in [0.05, 0.1) is 11.0 Å². The SMILES string of the molecule is CC(O)CNC(=O)C(C)(C)n1cc([N+](=O)[O-])cn1. The first-order valence-electron chi connectivity index (χ1n) is 5.41. The molecule has 0 aliphatic heterocycles. The van der Waals surface area contributed by atoms with Gasteiger partial charge in [-0.2, -0.15) is 5.10 Å². The van der Waals surface area contributed by atoms with E-state index in [1.807, 2.05) is 0 Å². The predicted molar refractivity (Wildman–Crippen MR) is 62.9 cm³/mol. The number of hydrogen-bond acceptors (Lipinski definition) is 5. The molecule has 1 aromatic rings. The van der Waals surface area contributed by atoms with Gasteiger partial charge in [0.15, 0.2) is 0 Å². The van der Waals surface area contributed by atoms with Gasteiger partial charge in [-0.15, -0.1) is 0 Å². The van der Waals surface area contributed by atoms with Crippen LogP contribution in [0.25, 0.3) is 0 Å². The topological polar surface area (TPSA) is 110 Å². The second-order valence-electron chi connectivity index (χ2n) is 4.52. The molecule has 1 atom stereocenters. The van der Waals surface area contributed by atoms with Crippen LogP contribution in [0, 0.1) is 10.1 Å². The van der Waals surface area contributed by atoms with Gasteiger partial charge in [0.1, 0.15) is 17.9 Å². The van der Waals surface area contributed by atoms with E-state index in [1.165, 1.54) is 10.9 Å². The standard InChI is InChI=1S/C10H16N4O4/c1-7(15)4-11-9(16)10(2,3)13-6-8(5-12-13)14(17)18/h5-7,15H,4H2,1-3H3,(H,11,16). The summed E-state index contributed by atoms with van der Waals surface area (Å²) in [6.45, 7) is 4.83. The summed E-state index contributed by atoms with van der Waals surface area (Å²) in [5.74, 6) is -0.374. The van der Waals surface area contributed by atoms with Crippen molar-refractivity contribution in [2.75, 3.05) is 6.54 Å². The first kappa shape index (κ1) is 14.1. The van der Waals surface area contributed by atoms with E-state index in [0.717, 1.165) is 6.20 Å². The summed E-state index contributed by atoms with van der Waals surface area (Å²) >= 11 is 0. The maximum Gasteiger partial charge on any atom is 0.307 e. The van der Waals surface area contributed by atoms with Crippen molar-refractivity contribution in [3.63, 3.8) is 0 Å². The first-order valence-corrected chi connectivity index (χ1v) is 5.41. The summed E-state index contributed by atoms with van der Waals surface area (Å²) in [5.41, 5.74) is -1.24. The first-order chi connectivity index (χ1) is 8.25. The molecule has 0 aromatic carbocycles. The van der Waals surface area contributed by atoms with Crippen molar-refractivity contribution in [1.29, 1.82) is 0 Å². The van der Waals surface area contributed by atoms with E-state index in [0.29, 0.717) is 0 Å². The van der Waals surface area contributed by atoms with Gasteiger partial charge in [-0.3, -0.25) is 19.6 Å². The molecule has 0 spiro atoms. The summed E-state index contributed by atoms with van der Waals surface area (Å²) in [6, 6.07) is 0. The number of amides is 1. The van der Waals surface area contributed by atoms with Gasteiger partial charge in [-0.1, -0.05) is 0 Å². The van der Waals surface area contributed by atoms with Crippen molar-refractivity contribution in [3.05, 3.63) is 22.5 Å². The molecule has 1 heterocycles. The predicted octanol–water partition coefficient (Wildman–Crippen LogP) is 0.0234. The quantitative estimate of drug-likeness (QED) is 0.570. The number of carbonyl (C=O) groups is 1. The number of aliphatic hydroxyl groups is 1. The second-order valence-corrected chi connectivity index (χ2v) is 4.52. The molecule has 0 bridgehead atoms. The number of aromatic nitrogens is 2. The van der Waals surface area contributed by atoms with Crippen molar-refractivity contribution in [2.24, 2.45) is 0 Å². The molecular weight excluding hydrogens is 240 g/mol. The highest BCUT2D eigenvalue weighted by Gasteiger charge is 2.31. The minimum Gasteiger partial charge on any atom is -0.392 e. The monoisotopic (exact) mass is 256 g/mol. The van der Waals surface area contributed by atoms with Crippen LogP contribution < -0.4 is 5.32 Å². The van der Waals surface area contributed by atoms with Gasteiger partial charge in [-0.05, 0) is 20.8 Å². The molecule has 18 heavy (non-hydrogen) atoms. The van der Waals surface area contributed by atoms with Crippen LogP contribution in [-0.2, 0) is 10.3 Å². The normalized spacial score (nSPS) is 13.1. The lowest BCUT2D eigenvalue weighted by Crippen LogP contribution is -2.46. The Morgan fingerprint density at radius 2 is 2.33 bits per heavy atom. The van der Waals surface area contributed by atoms with Crippen molar-refractivity contribution >= 4 is 11.6 Å². The largest absolute Gasteiger partial charge is 0.392 e. The summed E-state index contributed by atoms with van der Waals surface area (Å²) in [6.07, 6.45) is 1.63. The molecule has 1 aromatic heterocycles. The molecule has 1 rings (SSSR count). The Morgan fingerprint density at radius 3 is 2.78 bits per heavy atom. The van der Waals surface area contributed by atoms with Gasteiger partial charge in [0.25, 0.3) is 0 Å². The minimum absolute atomic E-state index is 0.117. The lowest BCUT2D eigenvalue weighted by molar-refractivity contribution is -0.385. The van der Waals surface area contributed by atoms with Crippen molar-refractivity contribution in [1.82, 2.24) is 15.1 Å². The van der Waals surface area contributed by atoms with Gasteiger partial charge < -0.3 is 10.4 Å². The highest BCUT2D eigenvalue weighted by molar-refractivity contribution is 5.83. The average Bonchev–Trinajstić information content (AvgIpc) is 2.75. The summed E-state index contributed by atoms with van der Waals surface area (Å²) < 4.78 is 1.22. The zero-order chi connectivity index (χ0) is 13.9. The second kappa shape index (κ2) is 5.13. The summed E-state index contributed by atoms with van der Waals surface area (Å²) in [7, 11) is 0.